The van der Waals surface area contributed by atoms with Crippen molar-refractivity contribution in [3.63, 3.8) is 0 Å². The molecule has 1 heterocycles. The lowest BCUT2D eigenvalue weighted by Crippen LogP contribution is -2.11. The fourth-order valence-corrected chi connectivity index (χ4v) is 1.08. The first-order valence-electron chi connectivity index (χ1n) is 5.01. The summed E-state index contributed by atoms with van der Waals surface area (Å²) in [7, 11) is 0. The SMILES string of the molecule is CC(C)(C)Cc1nnc(C(C)(C)C)o1. The minimum Gasteiger partial charge on any atom is -0.425 e. The Morgan fingerprint density at radius 3 is 1.93 bits per heavy atom. The first-order valence-corrected chi connectivity index (χ1v) is 5.01. The van der Waals surface area contributed by atoms with Crippen LogP contribution in [0.3, 0.4) is 0 Å². The highest BCUT2D eigenvalue weighted by Crippen LogP contribution is 2.24. The lowest BCUT2D eigenvalue weighted by atomic mass is 9.92. The summed E-state index contributed by atoms with van der Waals surface area (Å²) in [6, 6.07) is 0. The molecule has 1 aromatic rings. The Kier molecular flexibility index (Phi) is 2.70. The minimum absolute atomic E-state index is 0.0524. The van der Waals surface area contributed by atoms with Gasteiger partial charge in [-0.1, -0.05) is 41.5 Å². The van der Waals surface area contributed by atoms with E-state index in [2.05, 4.69) is 51.7 Å². The van der Waals surface area contributed by atoms with Gasteiger partial charge in [-0.15, -0.1) is 10.2 Å². The molecule has 14 heavy (non-hydrogen) atoms. The van der Waals surface area contributed by atoms with Gasteiger partial charge in [-0.3, -0.25) is 0 Å². The van der Waals surface area contributed by atoms with Gasteiger partial charge in [0, 0.05) is 11.8 Å². The Hall–Kier alpha value is -0.860. The highest BCUT2D eigenvalue weighted by molar-refractivity contribution is 4.96. The molecule has 0 aliphatic heterocycles. The van der Waals surface area contributed by atoms with Crippen molar-refractivity contribution in [3.05, 3.63) is 11.8 Å². The van der Waals surface area contributed by atoms with Gasteiger partial charge in [-0.05, 0) is 5.41 Å². The first-order chi connectivity index (χ1) is 6.18. The third-order valence-electron chi connectivity index (χ3n) is 1.79. The molecule has 0 radical (unpaired) electrons. The zero-order valence-electron chi connectivity index (χ0n) is 10.0. The maximum absolute atomic E-state index is 5.60. The van der Waals surface area contributed by atoms with Crippen LogP contribution in [0.25, 0.3) is 0 Å². The van der Waals surface area contributed by atoms with Crippen molar-refractivity contribution in [1.29, 1.82) is 0 Å². The highest BCUT2D eigenvalue weighted by Gasteiger charge is 2.23. The van der Waals surface area contributed by atoms with Gasteiger partial charge in [-0.2, -0.15) is 0 Å². The molecule has 0 unspecified atom stereocenters. The van der Waals surface area contributed by atoms with Crippen molar-refractivity contribution in [2.75, 3.05) is 0 Å². The van der Waals surface area contributed by atoms with E-state index in [4.69, 9.17) is 4.42 Å². The molecule has 0 aromatic carbocycles. The fraction of sp³-hybridized carbons (Fsp3) is 0.818. The quantitative estimate of drug-likeness (QED) is 0.693. The minimum atomic E-state index is -0.0524. The van der Waals surface area contributed by atoms with E-state index < -0.39 is 0 Å². The average molecular weight is 196 g/mol. The van der Waals surface area contributed by atoms with Crippen molar-refractivity contribution in [2.45, 2.75) is 53.4 Å². The van der Waals surface area contributed by atoms with Gasteiger partial charge in [0.1, 0.15) is 0 Å². The molecular weight excluding hydrogens is 176 g/mol. The second-order valence-corrected chi connectivity index (χ2v) is 5.99. The largest absolute Gasteiger partial charge is 0.425 e. The molecule has 0 saturated carbocycles. The standard InChI is InChI=1S/C11H20N2O/c1-10(2,3)7-8-12-13-9(14-8)11(4,5)6/h7H2,1-6H3. The third kappa shape index (κ3) is 3.13. The van der Waals surface area contributed by atoms with E-state index in [9.17, 15) is 0 Å². The van der Waals surface area contributed by atoms with E-state index in [1.807, 2.05) is 0 Å². The van der Waals surface area contributed by atoms with E-state index in [0.29, 0.717) is 0 Å². The van der Waals surface area contributed by atoms with Crippen LogP contribution in [0.15, 0.2) is 4.42 Å². The maximum Gasteiger partial charge on any atom is 0.221 e. The number of hydrogen-bond donors (Lipinski definition) is 0. The predicted molar refractivity (Wildman–Crippen MR) is 56.2 cm³/mol. The molecule has 1 rings (SSSR count). The van der Waals surface area contributed by atoms with Crippen molar-refractivity contribution in [2.24, 2.45) is 5.41 Å². The number of rotatable bonds is 1. The van der Waals surface area contributed by atoms with Crippen LogP contribution in [0.1, 0.15) is 53.3 Å². The summed E-state index contributed by atoms with van der Waals surface area (Å²) in [6.45, 7) is 12.7. The number of nitrogens with zero attached hydrogens (tertiary/aromatic N) is 2. The van der Waals surface area contributed by atoms with Crippen molar-refractivity contribution in [3.8, 4) is 0 Å². The van der Waals surface area contributed by atoms with Gasteiger partial charge in [0.05, 0.1) is 0 Å². The van der Waals surface area contributed by atoms with Gasteiger partial charge in [-0.25, -0.2) is 0 Å². The van der Waals surface area contributed by atoms with Crippen LogP contribution in [0, 0.1) is 5.41 Å². The molecule has 0 saturated heterocycles. The van der Waals surface area contributed by atoms with Crippen molar-refractivity contribution in [1.82, 2.24) is 10.2 Å². The normalized spacial score (nSPS) is 13.3. The molecule has 0 spiro atoms. The second-order valence-electron chi connectivity index (χ2n) is 5.99. The lowest BCUT2D eigenvalue weighted by Gasteiger charge is -2.15. The smallest absolute Gasteiger partial charge is 0.221 e. The molecule has 0 amide bonds. The van der Waals surface area contributed by atoms with Gasteiger partial charge in [0.2, 0.25) is 11.8 Å². The van der Waals surface area contributed by atoms with Crippen LogP contribution in [0.4, 0.5) is 0 Å². The van der Waals surface area contributed by atoms with Crippen molar-refractivity contribution < 1.29 is 4.42 Å². The van der Waals surface area contributed by atoms with Gasteiger partial charge in [0.25, 0.3) is 0 Å². The summed E-state index contributed by atoms with van der Waals surface area (Å²) >= 11 is 0. The maximum atomic E-state index is 5.60. The Balaban J connectivity index is 2.79. The molecule has 0 bridgehead atoms. The third-order valence-corrected chi connectivity index (χ3v) is 1.79. The van der Waals surface area contributed by atoms with Crippen LogP contribution in [-0.4, -0.2) is 10.2 Å². The van der Waals surface area contributed by atoms with Gasteiger partial charge in [0.15, 0.2) is 0 Å². The molecule has 1 aromatic heterocycles. The molecule has 80 valence electrons. The summed E-state index contributed by atoms with van der Waals surface area (Å²) in [5.74, 6) is 1.46. The van der Waals surface area contributed by atoms with Gasteiger partial charge >= 0.3 is 0 Å². The van der Waals surface area contributed by atoms with E-state index in [-0.39, 0.29) is 10.8 Å². The Morgan fingerprint density at radius 1 is 1.00 bits per heavy atom. The van der Waals surface area contributed by atoms with E-state index in [0.717, 1.165) is 18.2 Å². The first kappa shape index (κ1) is 11.2. The molecule has 3 nitrogen and oxygen atoms in total. The van der Waals surface area contributed by atoms with Crippen LogP contribution >= 0.6 is 0 Å². The van der Waals surface area contributed by atoms with Crippen LogP contribution in [0.5, 0.6) is 0 Å². The Labute approximate surface area is 85.9 Å². The monoisotopic (exact) mass is 196 g/mol. The Bertz CT molecular complexity index is 302. The van der Waals surface area contributed by atoms with Crippen LogP contribution in [0.2, 0.25) is 0 Å². The second kappa shape index (κ2) is 3.37. The average Bonchev–Trinajstić information content (AvgIpc) is 2.29. The summed E-state index contributed by atoms with van der Waals surface area (Å²) in [4.78, 5) is 0. The van der Waals surface area contributed by atoms with Crippen molar-refractivity contribution >= 4 is 0 Å². The molecular formula is C11H20N2O. The summed E-state index contributed by atoms with van der Waals surface area (Å²) in [5, 5.41) is 8.11. The zero-order chi connectivity index (χ0) is 11.0. The van der Waals surface area contributed by atoms with E-state index >= 15 is 0 Å². The molecule has 0 aliphatic rings. The zero-order valence-corrected chi connectivity index (χ0v) is 10.0. The predicted octanol–water partition coefficient (Wildman–Crippen LogP) is 2.96. The summed E-state index contributed by atoms with van der Waals surface area (Å²) in [6.07, 6.45) is 0.829. The fourth-order valence-electron chi connectivity index (χ4n) is 1.08. The van der Waals surface area contributed by atoms with Gasteiger partial charge < -0.3 is 4.42 Å². The molecule has 0 aliphatic carbocycles. The van der Waals surface area contributed by atoms with E-state index in [1.165, 1.54) is 0 Å². The summed E-state index contributed by atoms with van der Waals surface area (Å²) in [5.41, 5.74) is 0.144. The molecule has 3 heteroatoms. The Morgan fingerprint density at radius 2 is 1.57 bits per heavy atom. The van der Waals surface area contributed by atoms with E-state index in [1.54, 1.807) is 0 Å². The van der Waals surface area contributed by atoms with Crippen LogP contribution in [-0.2, 0) is 11.8 Å². The molecule has 0 fully saturated rings. The van der Waals surface area contributed by atoms with Crippen LogP contribution < -0.4 is 0 Å². The highest BCUT2D eigenvalue weighted by atomic mass is 16.4. The topological polar surface area (TPSA) is 38.9 Å². The molecule has 0 atom stereocenters. The number of aromatic nitrogens is 2. The number of hydrogen-bond acceptors (Lipinski definition) is 3. The summed E-state index contributed by atoms with van der Waals surface area (Å²) < 4.78 is 5.60. The molecule has 0 N–H and O–H groups in total. The lowest BCUT2D eigenvalue weighted by molar-refractivity contribution is 0.322.